The molecule has 26 heavy (non-hydrogen) atoms. The van der Waals surface area contributed by atoms with Crippen molar-refractivity contribution in [3.05, 3.63) is 35.9 Å². The monoisotopic (exact) mass is 376 g/mol. The van der Waals surface area contributed by atoms with E-state index in [1.54, 1.807) is 4.31 Å². The van der Waals surface area contributed by atoms with Crippen molar-refractivity contribution in [3.63, 3.8) is 0 Å². The number of hydrogen-bond acceptors (Lipinski definition) is 3. The zero-order valence-electron chi connectivity index (χ0n) is 15.4. The molecule has 3 aliphatic rings. The van der Waals surface area contributed by atoms with Crippen molar-refractivity contribution in [3.8, 4) is 0 Å². The minimum absolute atomic E-state index is 0.0417. The van der Waals surface area contributed by atoms with Crippen LogP contribution in [0.2, 0.25) is 0 Å². The highest BCUT2D eigenvalue weighted by Crippen LogP contribution is 2.46. The molecule has 6 heteroatoms. The standard InChI is InChI=1S/C20H28N2O3S/c1-2-21-15-20(14-18(19(21)23)16-6-4-3-5-7-16)10-12-22(13-11-20)26(24,25)17-8-9-17/h3-7,17-18H,2,8-15H2,1H3. The van der Waals surface area contributed by atoms with Crippen molar-refractivity contribution in [2.75, 3.05) is 26.2 Å². The number of amides is 1. The van der Waals surface area contributed by atoms with Crippen LogP contribution in [0.25, 0.3) is 0 Å². The Morgan fingerprint density at radius 1 is 1.12 bits per heavy atom. The number of carbonyl (C=O) groups excluding carboxylic acids is 1. The van der Waals surface area contributed by atoms with Gasteiger partial charge in [-0.05, 0) is 50.0 Å². The van der Waals surface area contributed by atoms with Crippen molar-refractivity contribution in [2.24, 2.45) is 5.41 Å². The van der Waals surface area contributed by atoms with Gasteiger partial charge < -0.3 is 4.90 Å². The third-order valence-electron chi connectivity index (χ3n) is 6.45. The number of benzene rings is 1. The predicted molar refractivity (Wildman–Crippen MR) is 101 cm³/mol. The lowest BCUT2D eigenvalue weighted by atomic mass is 9.68. The number of nitrogens with zero attached hydrogens (tertiary/aromatic N) is 2. The minimum Gasteiger partial charge on any atom is -0.342 e. The van der Waals surface area contributed by atoms with Crippen LogP contribution in [0.3, 0.4) is 0 Å². The van der Waals surface area contributed by atoms with Gasteiger partial charge in [-0.1, -0.05) is 30.3 Å². The van der Waals surface area contributed by atoms with Gasteiger partial charge in [0.1, 0.15) is 0 Å². The molecule has 1 unspecified atom stereocenters. The fraction of sp³-hybridized carbons (Fsp3) is 0.650. The van der Waals surface area contributed by atoms with Crippen molar-refractivity contribution in [2.45, 2.75) is 50.2 Å². The van der Waals surface area contributed by atoms with E-state index in [4.69, 9.17) is 0 Å². The number of likely N-dealkylation sites (N-methyl/N-ethyl adjacent to an activating group) is 1. The number of hydrogen-bond donors (Lipinski definition) is 0. The number of piperidine rings is 2. The van der Waals surface area contributed by atoms with Crippen molar-refractivity contribution in [1.82, 2.24) is 9.21 Å². The Bertz CT molecular complexity index is 766. The summed E-state index contributed by atoms with van der Waals surface area (Å²) in [5.41, 5.74) is 1.13. The fourth-order valence-corrected chi connectivity index (χ4v) is 6.50. The van der Waals surface area contributed by atoms with Crippen LogP contribution in [0.4, 0.5) is 0 Å². The maximum Gasteiger partial charge on any atom is 0.230 e. The Kier molecular flexibility index (Phi) is 4.59. The van der Waals surface area contributed by atoms with Crippen LogP contribution >= 0.6 is 0 Å². The molecule has 2 saturated heterocycles. The minimum atomic E-state index is -3.09. The third kappa shape index (κ3) is 3.18. The summed E-state index contributed by atoms with van der Waals surface area (Å²) in [6.45, 7) is 4.72. The van der Waals surface area contributed by atoms with Gasteiger partial charge in [0.25, 0.3) is 0 Å². The summed E-state index contributed by atoms with van der Waals surface area (Å²) >= 11 is 0. The summed E-state index contributed by atoms with van der Waals surface area (Å²) in [5, 5.41) is -0.131. The van der Waals surface area contributed by atoms with Crippen molar-refractivity contribution < 1.29 is 13.2 Å². The second-order valence-corrected chi connectivity index (χ2v) is 10.4. The zero-order chi connectivity index (χ0) is 18.4. The summed E-state index contributed by atoms with van der Waals surface area (Å²) in [6, 6.07) is 10.0. The van der Waals surface area contributed by atoms with Gasteiger partial charge in [-0.3, -0.25) is 4.79 Å². The second-order valence-electron chi connectivity index (χ2n) is 8.16. The van der Waals surface area contributed by atoms with Gasteiger partial charge in [-0.25, -0.2) is 12.7 Å². The van der Waals surface area contributed by atoms with E-state index in [0.29, 0.717) is 19.6 Å². The molecule has 5 nitrogen and oxygen atoms in total. The Morgan fingerprint density at radius 2 is 1.77 bits per heavy atom. The highest BCUT2D eigenvalue weighted by Gasteiger charge is 2.48. The van der Waals surface area contributed by atoms with Gasteiger partial charge in [0.05, 0.1) is 11.2 Å². The van der Waals surface area contributed by atoms with Gasteiger partial charge in [-0.15, -0.1) is 0 Å². The summed E-state index contributed by atoms with van der Waals surface area (Å²) in [5.74, 6) is 0.119. The molecule has 0 radical (unpaired) electrons. The second kappa shape index (κ2) is 6.64. The Hall–Kier alpha value is -1.40. The Labute approximate surface area is 156 Å². The number of sulfonamides is 1. The largest absolute Gasteiger partial charge is 0.342 e. The predicted octanol–water partition coefficient (Wildman–Crippen LogP) is 2.60. The molecule has 0 bridgehead atoms. The molecular weight excluding hydrogens is 348 g/mol. The average molecular weight is 377 g/mol. The molecule has 1 aromatic rings. The van der Waals surface area contributed by atoms with E-state index in [-0.39, 0.29) is 22.5 Å². The molecule has 1 aromatic carbocycles. The number of carbonyl (C=O) groups is 1. The maximum absolute atomic E-state index is 12.9. The van der Waals surface area contributed by atoms with E-state index in [2.05, 4.69) is 0 Å². The zero-order valence-corrected chi connectivity index (χ0v) is 16.2. The summed E-state index contributed by atoms with van der Waals surface area (Å²) < 4.78 is 26.8. The number of rotatable bonds is 4. The first-order valence-corrected chi connectivity index (χ1v) is 11.3. The average Bonchev–Trinajstić information content (AvgIpc) is 3.50. The molecule has 2 heterocycles. The van der Waals surface area contributed by atoms with Crippen LogP contribution in [-0.2, 0) is 14.8 Å². The van der Waals surface area contributed by atoms with Crippen LogP contribution < -0.4 is 0 Å². The highest BCUT2D eigenvalue weighted by atomic mass is 32.2. The van der Waals surface area contributed by atoms with E-state index in [1.807, 2.05) is 42.2 Å². The highest BCUT2D eigenvalue weighted by molar-refractivity contribution is 7.90. The third-order valence-corrected chi connectivity index (χ3v) is 8.84. The lowest BCUT2D eigenvalue weighted by Gasteiger charge is -2.49. The van der Waals surface area contributed by atoms with Crippen LogP contribution in [0, 0.1) is 5.41 Å². The molecule has 142 valence electrons. The van der Waals surface area contributed by atoms with E-state index in [0.717, 1.165) is 44.2 Å². The first-order valence-electron chi connectivity index (χ1n) is 9.78. The summed E-state index contributed by atoms with van der Waals surface area (Å²) in [4.78, 5) is 14.9. The smallest absolute Gasteiger partial charge is 0.230 e. The van der Waals surface area contributed by atoms with Crippen molar-refractivity contribution >= 4 is 15.9 Å². The van der Waals surface area contributed by atoms with Gasteiger partial charge in [0.2, 0.25) is 15.9 Å². The molecule has 3 fully saturated rings. The topological polar surface area (TPSA) is 57.7 Å². The summed E-state index contributed by atoms with van der Waals surface area (Å²) in [6.07, 6.45) is 4.18. The van der Waals surface area contributed by atoms with Gasteiger partial charge in [0, 0.05) is 26.2 Å². The molecule has 0 aromatic heterocycles. The molecule has 2 aliphatic heterocycles. The van der Waals surface area contributed by atoms with Crippen LogP contribution in [0.1, 0.15) is 50.5 Å². The van der Waals surface area contributed by atoms with Gasteiger partial charge in [0.15, 0.2) is 0 Å². The van der Waals surface area contributed by atoms with Crippen LogP contribution in [0.15, 0.2) is 30.3 Å². The van der Waals surface area contributed by atoms with Gasteiger partial charge >= 0.3 is 0 Å². The number of likely N-dealkylation sites (tertiary alicyclic amines) is 1. The normalized spacial score (nSPS) is 27.0. The molecular formula is C20H28N2O3S. The maximum atomic E-state index is 12.9. The van der Waals surface area contributed by atoms with Crippen LogP contribution in [-0.4, -0.2) is 55.0 Å². The molecule has 1 spiro atoms. The Morgan fingerprint density at radius 3 is 2.35 bits per heavy atom. The first kappa shape index (κ1) is 18.0. The first-order chi connectivity index (χ1) is 12.5. The lowest BCUT2D eigenvalue weighted by molar-refractivity contribution is -0.141. The van der Waals surface area contributed by atoms with Crippen LogP contribution in [0.5, 0.6) is 0 Å². The molecule has 0 N–H and O–H groups in total. The molecule has 1 amide bonds. The van der Waals surface area contributed by atoms with E-state index in [1.165, 1.54) is 0 Å². The van der Waals surface area contributed by atoms with Crippen molar-refractivity contribution in [1.29, 1.82) is 0 Å². The SMILES string of the molecule is CCN1CC2(CCN(S(=O)(=O)C3CC3)CC2)CC(c2ccccc2)C1=O. The van der Waals surface area contributed by atoms with Gasteiger partial charge in [-0.2, -0.15) is 0 Å². The molecule has 4 rings (SSSR count). The Balaban J connectivity index is 1.54. The molecule has 1 atom stereocenters. The lowest BCUT2D eigenvalue weighted by Crippen LogP contribution is -2.54. The summed E-state index contributed by atoms with van der Waals surface area (Å²) in [7, 11) is -3.09. The quantitative estimate of drug-likeness (QED) is 0.812. The fourth-order valence-electron chi connectivity index (χ4n) is 4.66. The van der Waals surface area contributed by atoms with E-state index >= 15 is 0 Å². The molecule has 1 saturated carbocycles. The van der Waals surface area contributed by atoms with E-state index < -0.39 is 10.0 Å². The molecule has 1 aliphatic carbocycles. The van der Waals surface area contributed by atoms with E-state index in [9.17, 15) is 13.2 Å².